The standard InChI is InChI=1S/C15H21BrFN/c1-11(13-5-3-2-4-6-13)18-10-12-7-8-14(16)15(17)9-12/h7-9,11,13,18H,2-6,10H2,1H3/t11-/m1/s1. The molecule has 1 aliphatic carbocycles. The van der Waals surface area contributed by atoms with E-state index in [0.717, 1.165) is 18.0 Å². The van der Waals surface area contributed by atoms with Crippen molar-refractivity contribution in [3.05, 3.63) is 34.1 Å². The fourth-order valence-electron chi connectivity index (χ4n) is 2.73. The van der Waals surface area contributed by atoms with E-state index in [9.17, 15) is 4.39 Å². The summed E-state index contributed by atoms with van der Waals surface area (Å²) in [6, 6.07) is 5.87. The Labute approximate surface area is 117 Å². The first-order valence-corrected chi connectivity index (χ1v) is 7.63. The topological polar surface area (TPSA) is 12.0 Å². The van der Waals surface area contributed by atoms with Gasteiger partial charge in [-0.3, -0.25) is 0 Å². The molecule has 0 saturated heterocycles. The zero-order valence-electron chi connectivity index (χ0n) is 10.9. The zero-order valence-corrected chi connectivity index (χ0v) is 12.5. The molecule has 100 valence electrons. The third-order valence-electron chi connectivity index (χ3n) is 3.97. The minimum atomic E-state index is -0.181. The highest BCUT2D eigenvalue weighted by Gasteiger charge is 2.19. The highest BCUT2D eigenvalue weighted by molar-refractivity contribution is 9.10. The summed E-state index contributed by atoms with van der Waals surface area (Å²) in [6.07, 6.45) is 6.79. The van der Waals surface area contributed by atoms with Crippen LogP contribution in [0.4, 0.5) is 4.39 Å². The largest absolute Gasteiger partial charge is 0.310 e. The van der Waals surface area contributed by atoms with Gasteiger partial charge in [0.05, 0.1) is 4.47 Å². The molecule has 1 atom stereocenters. The molecule has 1 fully saturated rings. The highest BCUT2D eigenvalue weighted by atomic mass is 79.9. The van der Waals surface area contributed by atoms with Crippen molar-refractivity contribution in [3.63, 3.8) is 0 Å². The van der Waals surface area contributed by atoms with Crippen molar-refractivity contribution in [1.29, 1.82) is 0 Å². The summed E-state index contributed by atoms with van der Waals surface area (Å²) < 4.78 is 13.9. The van der Waals surface area contributed by atoms with Crippen LogP contribution in [0.3, 0.4) is 0 Å². The maximum absolute atomic E-state index is 13.4. The first-order valence-electron chi connectivity index (χ1n) is 6.84. The maximum atomic E-state index is 13.4. The Hall–Kier alpha value is -0.410. The molecular formula is C15H21BrFN. The number of halogens is 2. The second-order valence-electron chi connectivity index (χ2n) is 5.32. The van der Waals surface area contributed by atoms with E-state index in [4.69, 9.17) is 0 Å². The molecule has 0 radical (unpaired) electrons. The van der Waals surface area contributed by atoms with Crippen molar-refractivity contribution in [2.75, 3.05) is 0 Å². The predicted octanol–water partition coefficient (Wildman–Crippen LogP) is 4.65. The Morgan fingerprint density at radius 1 is 1.33 bits per heavy atom. The van der Waals surface area contributed by atoms with Crippen LogP contribution in [0, 0.1) is 11.7 Å². The van der Waals surface area contributed by atoms with Gasteiger partial charge in [-0.1, -0.05) is 25.3 Å². The second-order valence-corrected chi connectivity index (χ2v) is 6.17. The average Bonchev–Trinajstić information content (AvgIpc) is 2.41. The molecule has 1 N–H and O–H groups in total. The van der Waals surface area contributed by atoms with Gasteiger partial charge in [0.25, 0.3) is 0 Å². The monoisotopic (exact) mass is 313 g/mol. The molecule has 3 heteroatoms. The van der Waals surface area contributed by atoms with Crippen LogP contribution in [-0.4, -0.2) is 6.04 Å². The lowest BCUT2D eigenvalue weighted by Crippen LogP contribution is -2.34. The summed E-state index contributed by atoms with van der Waals surface area (Å²) in [7, 11) is 0. The van der Waals surface area contributed by atoms with Crippen LogP contribution in [0.25, 0.3) is 0 Å². The normalized spacial score (nSPS) is 18.8. The van der Waals surface area contributed by atoms with E-state index >= 15 is 0 Å². The average molecular weight is 314 g/mol. The van der Waals surface area contributed by atoms with Crippen LogP contribution in [0.5, 0.6) is 0 Å². The molecule has 0 heterocycles. The van der Waals surface area contributed by atoms with Crippen LogP contribution in [0.1, 0.15) is 44.6 Å². The summed E-state index contributed by atoms with van der Waals surface area (Å²) >= 11 is 3.18. The van der Waals surface area contributed by atoms with E-state index in [1.165, 1.54) is 32.1 Å². The molecule has 0 bridgehead atoms. The summed E-state index contributed by atoms with van der Waals surface area (Å²) in [5, 5.41) is 3.53. The summed E-state index contributed by atoms with van der Waals surface area (Å²) in [6.45, 7) is 3.01. The molecular weight excluding hydrogens is 293 g/mol. The van der Waals surface area contributed by atoms with Crippen molar-refractivity contribution in [2.45, 2.75) is 51.6 Å². The number of benzene rings is 1. The van der Waals surface area contributed by atoms with Crippen LogP contribution < -0.4 is 5.32 Å². The maximum Gasteiger partial charge on any atom is 0.137 e. The fraction of sp³-hybridized carbons (Fsp3) is 0.600. The number of nitrogens with one attached hydrogen (secondary N) is 1. The molecule has 18 heavy (non-hydrogen) atoms. The molecule has 0 amide bonds. The van der Waals surface area contributed by atoms with E-state index in [1.807, 2.05) is 6.07 Å². The van der Waals surface area contributed by atoms with Gasteiger partial charge in [0.1, 0.15) is 5.82 Å². The van der Waals surface area contributed by atoms with Gasteiger partial charge in [0, 0.05) is 12.6 Å². The van der Waals surface area contributed by atoms with Gasteiger partial charge in [-0.05, 0) is 59.3 Å². The molecule has 0 aliphatic heterocycles. The number of hydrogen-bond donors (Lipinski definition) is 1. The van der Waals surface area contributed by atoms with Crippen molar-refractivity contribution >= 4 is 15.9 Å². The minimum Gasteiger partial charge on any atom is -0.310 e. The first-order chi connectivity index (χ1) is 8.66. The zero-order chi connectivity index (χ0) is 13.0. The van der Waals surface area contributed by atoms with Gasteiger partial charge in [0.2, 0.25) is 0 Å². The Kier molecular flexibility index (Phi) is 5.19. The van der Waals surface area contributed by atoms with Crippen LogP contribution in [0.15, 0.2) is 22.7 Å². The number of rotatable bonds is 4. The van der Waals surface area contributed by atoms with E-state index in [2.05, 4.69) is 28.2 Å². The number of hydrogen-bond acceptors (Lipinski definition) is 1. The fourth-order valence-corrected chi connectivity index (χ4v) is 2.98. The molecule has 1 aromatic rings. The molecule has 1 saturated carbocycles. The van der Waals surface area contributed by atoms with Gasteiger partial charge in [0.15, 0.2) is 0 Å². The predicted molar refractivity (Wildman–Crippen MR) is 77.0 cm³/mol. The smallest absolute Gasteiger partial charge is 0.137 e. The van der Waals surface area contributed by atoms with Gasteiger partial charge < -0.3 is 5.32 Å². The Morgan fingerprint density at radius 2 is 2.06 bits per heavy atom. The Morgan fingerprint density at radius 3 is 2.72 bits per heavy atom. The molecule has 2 rings (SSSR count). The van der Waals surface area contributed by atoms with Gasteiger partial charge >= 0.3 is 0 Å². The minimum absolute atomic E-state index is 0.181. The third kappa shape index (κ3) is 3.79. The molecule has 1 nitrogen and oxygen atoms in total. The lowest BCUT2D eigenvalue weighted by atomic mass is 9.84. The summed E-state index contributed by atoms with van der Waals surface area (Å²) in [5.74, 6) is 0.610. The molecule has 1 aromatic carbocycles. The van der Waals surface area contributed by atoms with Crippen molar-refractivity contribution < 1.29 is 4.39 Å². The Balaban J connectivity index is 1.84. The van der Waals surface area contributed by atoms with E-state index < -0.39 is 0 Å². The van der Waals surface area contributed by atoms with Crippen molar-refractivity contribution in [2.24, 2.45) is 5.92 Å². The van der Waals surface area contributed by atoms with Crippen LogP contribution in [-0.2, 0) is 6.54 Å². The molecule has 0 unspecified atom stereocenters. The Bertz CT molecular complexity index is 388. The van der Waals surface area contributed by atoms with E-state index in [0.29, 0.717) is 10.5 Å². The van der Waals surface area contributed by atoms with Crippen LogP contribution >= 0.6 is 15.9 Å². The second kappa shape index (κ2) is 6.67. The molecule has 0 aromatic heterocycles. The SMILES string of the molecule is C[C@@H](NCc1ccc(Br)c(F)c1)C1CCCCC1. The van der Waals surface area contributed by atoms with E-state index in [-0.39, 0.29) is 5.82 Å². The van der Waals surface area contributed by atoms with Crippen molar-refractivity contribution in [1.82, 2.24) is 5.32 Å². The molecule has 1 aliphatic rings. The van der Waals surface area contributed by atoms with Gasteiger partial charge in [-0.2, -0.15) is 0 Å². The first kappa shape index (κ1) is 14.0. The highest BCUT2D eigenvalue weighted by Crippen LogP contribution is 2.26. The lowest BCUT2D eigenvalue weighted by molar-refractivity contribution is 0.280. The van der Waals surface area contributed by atoms with Gasteiger partial charge in [-0.15, -0.1) is 0 Å². The van der Waals surface area contributed by atoms with Gasteiger partial charge in [-0.25, -0.2) is 4.39 Å². The summed E-state index contributed by atoms with van der Waals surface area (Å²) in [5.41, 5.74) is 1.01. The van der Waals surface area contributed by atoms with Crippen molar-refractivity contribution in [3.8, 4) is 0 Å². The third-order valence-corrected chi connectivity index (χ3v) is 4.61. The summed E-state index contributed by atoms with van der Waals surface area (Å²) in [4.78, 5) is 0. The van der Waals surface area contributed by atoms with E-state index in [1.54, 1.807) is 12.1 Å². The molecule has 0 spiro atoms. The van der Waals surface area contributed by atoms with Crippen LogP contribution in [0.2, 0.25) is 0 Å². The lowest BCUT2D eigenvalue weighted by Gasteiger charge is -2.28. The quantitative estimate of drug-likeness (QED) is 0.853.